The first-order valence-electron chi connectivity index (χ1n) is 5.91. The third kappa shape index (κ3) is 8.05. The van der Waals surface area contributed by atoms with E-state index in [4.69, 9.17) is 13.2 Å². The van der Waals surface area contributed by atoms with Gasteiger partial charge in [-0.2, -0.15) is 0 Å². The second-order valence-electron chi connectivity index (χ2n) is 4.11. The fraction of sp³-hybridized carbons (Fsp3) is 0.800. The molecular weight excluding hydrogens is 212 g/mol. The lowest BCUT2D eigenvalue weighted by Crippen LogP contribution is -2.40. The standard InChI is InChI=1S/C10H20N2O4/c1-10(2,3)16-9(14)12-8(15-7-13)5-4-6-11/h7-8H,4-6,11H2,1-3H3,(H,12,14)/t8-/m1/s1/i6D2. The van der Waals surface area contributed by atoms with Crippen LogP contribution in [0.5, 0.6) is 0 Å². The van der Waals surface area contributed by atoms with E-state index in [0.717, 1.165) is 0 Å². The number of carbonyl (C=O) groups excluding carboxylic acids is 2. The smallest absolute Gasteiger partial charge is 0.410 e. The zero-order chi connectivity index (χ0) is 14.4. The van der Waals surface area contributed by atoms with Crippen LogP contribution in [0.4, 0.5) is 4.79 Å². The highest BCUT2D eigenvalue weighted by atomic mass is 16.6. The highest BCUT2D eigenvalue weighted by Gasteiger charge is 2.19. The first-order valence-corrected chi connectivity index (χ1v) is 4.91. The molecule has 16 heavy (non-hydrogen) atoms. The molecule has 0 bridgehead atoms. The minimum atomic E-state index is -1.89. The Labute approximate surface area is 98.3 Å². The number of rotatable bonds is 6. The fourth-order valence-electron chi connectivity index (χ4n) is 0.895. The molecule has 0 heterocycles. The molecule has 0 aliphatic carbocycles. The van der Waals surface area contributed by atoms with Gasteiger partial charge in [-0.3, -0.25) is 10.1 Å². The second kappa shape index (κ2) is 7.05. The fourth-order valence-corrected chi connectivity index (χ4v) is 0.895. The van der Waals surface area contributed by atoms with Crippen LogP contribution in [0.25, 0.3) is 0 Å². The summed E-state index contributed by atoms with van der Waals surface area (Å²) in [7, 11) is 0. The molecule has 0 saturated heterocycles. The van der Waals surface area contributed by atoms with Gasteiger partial charge in [-0.05, 0) is 33.7 Å². The first kappa shape index (κ1) is 11.2. The van der Waals surface area contributed by atoms with Crippen molar-refractivity contribution in [1.82, 2.24) is 5.32 Å². The SMILES string of the molecule is [2H]C([2H])(N)CC[C@H](NC(=O)OC(C)(C)C)OC=O. The molecule has 94 valence electrons. The van der Waals surface area contributed by atoms with Gasteiger partial charge in [0.05, 0.1) is 0 Å². The molecule has 0 aliphatic rings. The predicted molar refractivity (Wildman–Crippen MR) is 58.6 cm³/mol. The molecule has 0 radical (unpaired) electrons. The summed E-state index contributed by atoms with van der Waals surface area (Å²) in [6, 6.07) is 0. The van der Waals surface area contributed by atoms with Gasteiger partial charge in [0.15, 0.2) is 6.23 Å². The first-order chi connectivity index (χ1) is 8.03. The van der Waals surface area contributed by atoms with Gasteiger partial charge in [-0.1, -0.05) is 0 Å². The number of hydrogen-bond acceptors (Lipinski definition) is 5. The second-order valence-corrected chi connectivity index (χ2v) is 4.11. The Morgan fingerprint density at radius 1 is 1.62 bits per heavy atom. The average molecular weight is 234 g/mol. The van der Waals surface area contributed by atoms with Crippen molar-refractivity contribution >= 4 is 12.6 Å². The van der Waals surface area contributed by atoms with Crippen LogP contribution in [0.15, 0.2) is 0 Å². The van der Waals surface area contributed by atoms with Gasteiger partial charge in [-0.15, -0.1) is 0 Å². The van der Waals surface area contributed by atoms with Crippen LogP contribution in [0.2, 0.25) is 0 Å². The largest absolute Gasteiger partial charge is 0.444 e. The summed E-state index contributed by atoms with van der Waals surface area (Å²) in [6.45, 7) is 3.37. The minimum absolute atomic E-state index is 0.0570. The summed E-state index contributed by atoms with van der Waals surface area (Å²) >= 11 is 0. The Kier molecular flexibility index (Phi) is 4.93. The number of alkyl carbamates (subject to hydrolysis) is 1. The van der Waals surface area contributed by atoms with E-state index in [0.29, 0.717) is 0 Å². The normalized spacial score (nSPS) is 15.5. The summed E-state index contributed by atoms with van der Waals surface area (Å²) in [4.78, 5) is 21.7. The number of nitrogens with two attached hydrogens (primary N) is 1. The van der Waals surface area contributed by atoms with E-state index in [1.54, 1.807) is 20.8 Å². The average Bonchev–Trinajstić information content (AvgIpc) is 2.10. The Morgan fingerprint density at radius 2 is 2.25 bits per heavy atom. The van der Waals surface area contributed by atoms with Crippen LogP contribution < -0.4 is 11.1 Å². The monoisotopic (exact) mass is 234 g/mol. The van der Waals surface area contributed by atoms with Crippen LogP contribution >= 0.6 is 0 Å². The Morgan fingerprint density at radius 3 is 2.69 bits per heavy atom. The molecule has 0 aromatic rings. The molecule has 0 saturated carbocycles. The van der Waals surface area contributed by atoms with E-state index >= 15 is 0 Å². The molecule has 1 amide bonds. The number of hydrogen-bond donors (Lipinski definition) is 2. The maximum absolute atomic E-state index is 11.4. The molecule has 6 nitrogen and oxygen atoms in total. The molecule has 0 spiro atoms. The number of nitrogens with one attached hydrogen (secondary N) is 1. The van der Waals surface area contributed by atoms with E-state index in [2.05, 4.69) is 10.1 Å². The van der Waals surface area contributed by atoms with Gasteiger partial charge in [0, 0.05) is 9.16 Å². The third-order valence-electron chi connectivity index (χ3n) is 1.45. The van der Waals surface area contributed by atoms with E-state index in [1.165, 1.54) is 0 Å². The summed E-state index contributed by atoms with van der Waals surface area (Å²) in [5.41, 5.74) is 4.49. The molecule has 0 aliphatic heterocycles. The van der Waals surface area contributed by atoms with Crippen LogP contribution in [0, 0.1) is 0 Å². The number of carbonyl (C=O) groups is 2. The molecule has 6 heteroatoms. The van der Waals surface area contributed by atoms with Crippen molar-refractivity contribution in [2.24, 2.45) is 5.73 Å². The predicted octanol–water partition coefficient (Wildman–Crippen LogP) is 0.749. The highest BCUT2D eigenvalue weighted by Crippen LogP contribution is 2.07. The Balaban J connectivity index is 4.27. The lowest BCUT2D eigenvalue weighted by Gasteiger charge is -2.22. The van der Waals surface area contributed by atoms with Gasteiger partial charge in [0.25, 0.3) is 6.47 Å². The van der Waals surface area contributed by atoms with E-state index in [-0.39, 0.29) is 19.3 Å². The van der Waals surface area contributed by atoms with Crippen molar-refractivity contribution in [3.8, 4) is 0 Å². The summed E-state index contributed by atoms with van der Waals surface area (Å²) in [5, 5.41) is 2.31. The molecule has 3 N–H and O–H groups in total. The van der Waals surface area contributed by atoms with Crippen LogP contribution in [-0.2, 0) is 14.3 Å². The van der Waals surface area contributed by atoms with E-state index < -0.39 is 24.4 Å². The van der Waals surface area contributed by atoms with Crippen LogP contribution in [-0.4, -0.2) is 30.9 Å². The Hall–Kier alpha value is -1.30. The molecular formula is C10H20N2O4. The van der Waals surface area contributed by atoms with Gasteiger partial charge >= 0.3 is 6.09 Å². The zero-order valence-electron chi connectivity index (χ0n) is 11.8. The summed E-state index contributed by atoms with van der Waals surface area (Å²) in [6.07, 6.45) is -1.72. The minimum Gasteiger partial charge on any atom is -0.444 e. The van der Waals surface area contributed by atoms with Crippen LogP contribution in [0.1, 0.15) is 36.4 Å². The van der Waals surface area contributed by atoms with Crippen molar-refractivity contribution in [1.29, 1.82) is 0 Å². The van der Waals surface area contributed by atoms with Crippen molar-refractivity contribution in [2.75, 3.05) is 6.50 Å². The highest BCUT2D eigenvalue weighted by molar-refractivity contribution is 5.68. The number of amides is 1. The summed E-state index contributed by atoms with van der Waals surface area (Å²) in [5.74, 6) is 0. The van der Waals surface area contributed by atoms with Gasteiger partial charge in [0.2, 0.25) is 0 Å². The van der Waals surface area contributed by atoms with E-state index in [1.807, 2.05) is 0 Å². The molecule has 0 aromatic carbocycles. The van der Waals surface area contributed by atoms with Crippen molar-refractivity contribution in [3.63, 3.8) is 0 Å². The van der Waals surface area contributed by atoms with Gasteiger partial charge < -0.3 is 15.2 Å². The molecule has 0 unspecified atom stereocenters. The van der Waals surface area contributed by atoms with Crippen molar-refractivity contribution in [3.05, 3.63) is 0 Å². The van der Waals surface area contributed by atoms with Gasteiger partial charge in [-0.25, -0.2) is 4.79 Å². The maximum Gasteiger partial charge on any atom is 0.410 e. The van der Waals surface area contributed by atoms with Crippen molar-refractivity contribution < 1.29 is 21.8 Å². The maximum atomic E-state index is 11.4. The Bertz CT molecular complexity index is 287. The molecule has 0 aromatic heterocycles. The van der Waals surface area contributed by atoms with E-state index in [9.17, 15) is 9.59 Å². The van der Waals surface area contributed by atoms with Crippen molar-refractivity contribution in [2.45, 2.75) is 45.4 Å². The molecule has 0 fully saturated rings. The lowest BCUT2D eigenvalue weighted by molar-refractivity contribution is -0.135. The molecule has 0 rings (SSSR count). The lowest BCUT2D eigenvalue weighted by atomic mass is 10.2. The third-order valence-corrected chi connectivity index (χ3v) is 1.45. The summed E-state index contributed by atoms with van der Waals surface area (Å²) < 4.78 is 23.9. The zero-order valence-corrected chi connectivity index (χ0v) is 9.78. The topological polar surface area (TPSA) is 90.7 Å². The molecule has 1 atom stereocenters. The quantitative estimate of drug-likeness (QED) is 0.522. The van der Waals surface area contributed by atoms with Crippen LogP contribution in [0.3, 0.4) is 0 Å². The number of ether oxygens (including phenoxy) is 2. The van der Waals surface area contributed by atoms with Gasteiger partial charge in [0.1, 0.15) is 5.60 Å².